The molecule has 5 nitrogen and oxygen atoms in total. The number of morpholine rings is 1. The van der Waals surface area contributed by atoms with E-state index in [4.69, 9.17) is 32.7 Å². The molecule has 30 heavy (non-hydrogen) atoms. The minimum Gasteiger partial charge on any atom is -0.464 e. The van der Waals surface area contributed by atoms with Crippen LogP contribution in [-0.4, -0.2) is 36.0 Å². The molecule has 1 heterocycles. The van der Waals surface area contributed by atoms with Gasteiger partial charge in [0.2, 0.25) is 5.91 Å². The third-order valence-corrected chi connectivity index (χ3v) is 5.59. The molecule has 0 aromatic heterocycles. The number of esters is 1. The first-order valence-corrected chi connectivity index (χ1v) is 10.8. The molecule has 1 saturated heterocycles. The number of hydrogen-bond acceptors (Lipinski definition) is 4. The summed E-state index contributed by atoms with van der Waals surface area (Å²) in [6, 6.07) is 13.4. The Hall–Kier alpha value is -2.08. The number of hydrogen-bond donors (Lipinski definition) is 0. The molecule has 1 amide bonds. The molecule has 0 saturated carbocycles. The van der Waals surface area contributed by atoms with E-state index < -0.39 is 24.2 Å². The Bertz CT molecular complexity index is 887. The van der Waals surface area contributed by atoms with Crippen LogP contribution in [0.15, 0.2) is 48.5 Å². The van der Waals surface area contributed by atoms with E-state index in [-0.39, 0.29) is 19.1 Å². The number of benzene rings is 2. The van der Waals surface area contributed by atoms with Crippen LogP contribution in [0.3, 0.4) is 0 Å². The number of amides is 1. The van der Waals surface area contributed by atoms with Gasteiger partial charge in [0.25, 0.3) is 0 Å². The maximum absolute atomic E-state index is 13.1. The van der Waals surface area contributed by atoms with Crippen LogP contribution in [0, 0.1) is 0 Å². The Balaban J connectivity index is 2.11. The molecule has 2 aromatic carbocycles. The average molecular weight is 450 g/mol. The predicted octanol–water partition coefficient (Wildman–Crippen LogP) is 5.37. The molecule has 0 N–H and O–H groups in total. The smallest absolute Gasteiger partial charge is 0.328 e. The summed E-state index contributed by atoms with van der Waals surface area (Å²) in [5, 5.41) is 1.16. The number of carbonyl (C=O) groups is 2. The van der Waals surface area contributed by atoms with E-state index in [1.54, 1.807) is 30.0 Å². The van der Waals surface area contributed by atoms with E-state index >= 15 is 0 Å². The van der Waals surface area contributed by atoms with Crippen LogP contribution in [0.25, 0.3) is 0 Å². The monoisotopic (exact) mass is 449 g/mol. The summed E-state index contributed by atoms with van der Waals surface area (Å²) < 4.78 is 11.3. The summed E-state index contributed by atoms with van der Waals surface area (Å²) in [4.78, 5) is 27.5. The van der Waals surface area contributed by atoms with Gasteiger partial charge in [-0.05, 0) is 48.7 Å². The second-order valence-corrected chi connectivity index (χ2v) is 8.01. The highest BCUT2D eigenvalue weighted by Crippen LogP contribution is 2.42. The Morgan fingerprint density at radius 3 is 2.50 bits per heavy atom. The van der Waals surface area contributed by atoms with E-state index in [0.717, 1.165) is 17.5 Å². The third kappa shape index (κ3) is 4.97. The second kappa shape index (κ2) is 10.3. The van der Waals surface area contributed by atoms with E-state index in [1.807, 2.05) is 37.3 Å². The SMILES string of the molecule is CCC[C@H](C(=O)OCC)N1C(=O)CO[C@@H](c2cccc(Cl)c2)[C@H]1c1ccc(Cl)cc1. The summed E-state index contributed by atoms with van der Waals surface area (Å²) in [5.74, 6) is -0.655. The fraction of sp³-hybridized carbons (Fsp3) is 0.391. The number of nitrogens with zero attached hydrogens (tertiary/aromatic N) is 1. The quantitative estimate of drug-likeness (QED) is 0.533. The Morgan fingerprint density at radius 2 is 1.87 bits per heavy atom. The standard InChI is InChI=1S/C23H25Cl2NO4/c1-3-6-19(23(28)29-4-2)26-20(27)14-30-22(16-7-5-8-18(25)13-16)21(26)15-9-11-17(24)12-10-15/h5,7-13,19,21-22H,3-4,6,14H2,1-2H3/t19-,21-,22+/m1/s1. The fourth-order valence-corrected chi connectivity index (χ4v) is 4.16. The Labute approximate surface area is 186 Å². The molecular formula is C23H25Cl2NO4. The zero-order valence-electron chi connectivity index (χ0n) is 17.0. The van der Waals surface area contributed by atoms with Gasteiger partial charge in [0, 0.05) is 10.0 Å². The maximum Gasteiger partial charge on any atom is 0.328 e. The summed E-state index contributed by atoms with van der Waals surface area (Å²) >= 11 is 12.3. The molecular weight excluding hydrogens is 425 g/mol. The summed E-state index contributed by atoms with van der Waals surface area (Å²) in [5.41, 5.74) is 1.65. The van der Waals surface area contributed by atoms with Crippen LogP contribution in [0.5, 0.6) is 0 Å². The van der Waals surface area contributed by atoms with Gasteiger partial charge in [0.05, 0.1) is 12.6 Å². The largest absolute Gasteiger partial charge is 0.464 e. The van der Waals surface area contributed by atoms with Gasteiger partial charge in [-0.15, -0.1) is 0 Å². The molecule has 0 spiro atoms. The first-order chi connectivity index (χ1) is 14.5. The van der Waals surface area contributed by atoms with Gasteiger partial charge in [-0.1, -0.05) is 60.8 Å². The summed E-state index contributed by atoms with van der Waals surface area (Å²) in [6.07, 6.45) is 0.733. The zero-order valence-corrected chi connectivity index (χ0v) is 18.5. The van der Waals surface area contributed by atoms with Crippen LogP contribution in [0.1, 0.15) is 50.0 Å². The van der Waals surface area contributed by atoms with Crippen molar-refractivity contribution in [3.8, 4) is 0 Å². The molecule has 1 aliphatic rings. The molecule has 3 atom stereocenters. The topological polar surface area (TPSA) is 55.8 Å². The van der Waals surface area contributed by atoms with Crippen molar-refractivity contribution in [3.63, 3.8) is 0 Å². The van der Waals surface area contributed by atoms with E-state index in [9.17, 15) is 9.59 Å². The van der Waals surface area contributed by atoms with E-state index in [0.29, 0.717) is 16.5 Å². The first-order valence-electron chi connectivity index (χ1n) is 10.1. The van der Waals surface area contributed by atoms with Crippen molar-refractivity contribution < 1.29 is 19.1 Å². The molecule has 0 unspecified atom stereocenters. The van der Waals surface area contributed by atoms with E-state index in [1.165, 1.54) is 0 Å². The minimum atomic E-state index is -0.700. The van der Waals surface area contributed by atoms with Crippen molar-refractivity contribution in [1.82, 2.24) is 4.90 Å². The molecule has 160 valence electrons. The number of rotatable bonds is 7. The Kier molecular flexibility index (Phi) is 7.75. The van der Waals surface area contributed by atoms with Crippen molar-refractivity contribution >= 4 is 35.1 Å². The third-order valence-electron chi connectivity index (χ3n) is 5.11. The van der Waals surface area contributed by atoms with Crippen LogP contribution in [0.2, 0.25) is 10.0 Å². The second-order valence-electron chi connectivity index (χ2n) is 7.14. The number of ether oxygens (including phenoxy) is 2. The molecule has 0 radical (unpaired) electrons. The van der Waals surface area contributed by atoms with Crippen LogP contribution >= 0.6 is 23.2 Å². The summed E-state index contributed by atoms with van der Waals surface area (Å²) in [7, 11) is 0. The molecule has 3 rings (SSSR count). The maximum atomic E-state index is 13.1. The van der Waals surface area contributed by atoms with Crippen LogP contribution in [0.4, 0.5) is 0 Å². The summed E-state index contributed by atoms with van der Waals surface area (Å²) in [6.45, 7) is 3.86. The number of halogens is 2. The lowest BCUT2D eigenvalue weighted by Crippen LogP contribution is -2.53. The predicted molar refractivity (Wildman–Crippen MR) is 117 cm³/mol. The lowest BCUT2D eigenvalue weighted by molar-refractivity contribution is -0.174. The Morgan fingerprint density at radius 1 is 1.13 bits per heavy atom. The lowest BCUT2D eigenvalue weighted by atomic mass is 9.90. The molecule has 0 aliphatic carbocycles. The van der Waals surface area contributed by atoms with Crippen molar-refractivity contribution in [2.75, 3.05) is 13.2 Å². The first kappa shape index (κ1) is 22.6. The highest BCUT2D eigenvalue weighted by Gasteiger charge is 2.44. The van der Waals surface area contributed by atoms with Gasteiger partial charge in [0.15, 0.2) is 0 Å². The van der Waals surface area contributed by atoms with Crippen LogP contribution < -0.4 is 0 Å². The van der Waals surface area contributed by atoms with Crippen molar-refractivity contribution in [1.29, 1.82) is 0 Å². The molecule has 2 aromatic rings. The normalized spacial score (nSPS) is 20.1. The molecule has 0 bridgehead atoms. The fourth-order valence-electron chi connectivity index (χ4n) is 3.84. The van der Waals surface area contributed by atoms with Gasteiger partial charge in [-0.3, -0.25) is 4.79 Å². The van der Waals surface area contributed by atoms with Gasteiger partial charge in [-0.25, -0.2) is 4.79 Å². The van der Waals surface area contributed by atoms with Gasteiger partial charge >= 0.3 is 5.97 Å². The highest BCUT2D eigenvalue weighted by atomic mass is 35.5. The van der Waals surface area contributed by atoms with Gasteiger partial charge < -0.3 is 14.4 Å². The van der Waals surface area contributed by atoms with E-state index in [2.05, 4.69) is 0 Å². The molecule has 1 fully saturated rings. The zero-order chi connectivity index (χ0) is 21.7. The highest BCUT2D eigenvalue weighted by molar-refractivity contribution is 6.30. The average Bonchev–Trinajstić information content (AvgIpc) is 2.73. The molecule has 1 aliphatic heterocycles. The van der Waals surface area contributed by atoms with Gasteiger partial charge in [-0.2, -0.15) is 0 Å². The van der Waals surface area contributed by atoms with Crippen molar-refractivity contribution in [3.05, 3.63) is 69.7 Å². The lowest BCUT2D eigenvalue weighted by Gasteiger charge is -2.44. The minimum absolute atomic E-state index is 0.124. The molecule has 7 heteroatoms. The van der Waals surface area contributed by atoms with Crippen molar-refractivity contribution in [2.45, 2.75) is 44.9 Å². The van der Waals surface area contributed by atoms with Crippen molar-refractivity contribution in [2.24, 2.45) is 0 Å². The van der Waals surface area contributed by atoms with Gasteiger partial charge in [0.1, 0.15) is 18.8 Å². The van der Waals surface area contributed by atoms with Crippen LogP contribution in [-0.2, 0) is 19.1 Å². The number of carbonyl (C=O) groups excluding carboxylic acids is 2.